The lowest BCUT2D eigenvalue weighted by atomic mass is 10.0. The molecule has 24 heavy (non-hydrogen) atoms. The van der Waals surface area contributed by atoms with Crippen LogP contribution in [0, 0.1) is 6.92 Å². The van der Waals surface area contributed by atoms with E-state index in [0.29, 0.717) is 22.2 Å². The van der Waals surface area contributed by atoms with E-state index < -0.39 is 11.6 Å². The van der Waals surface area contributed by atoms with Crippen LogP contribution in [0.15, 0.2) is 38.9 Å². The number of aryl methyl sites for hydroxylation is 2. The third kappa shape index (κ3) is 3.05. The summed E-state index contributed by atoms with van der Waals surface area (Å²) in [5, 5.41) is 12.4. The van der Waals surface area contributed by atoms with Crippen molar-refractivity contribution < 1.29 is 19.1 Å². The quantitative estimate of drug-likeness (QED) is 0.575. The van der Waals surface area contributed by atoms with E-state index in [1.807, 2.05) is 25.3 Å². The normalized spacial score (nSPS) is 10.9. The summed E-state index contributed by atoms with van der Waals surface area (Å²) >= 11 is 1.32. The Bertz CT molecular complexity index is 967. The van der Waals surface area contributed by atoms with Gasteiger partial charge in [0.25, 0.3) is 0 Å². The Morgan fingerprint density at radius 2 is 2.08 bits per heavy atom. The molecule has 0 aliphatic heterocycles. The maximum atomic E-state index is 12.1. The Hall–Kier alpha value is -2.60. The molecule has 0 saturated carbocycles. The molecule has 0 atom stereocenters. The van der Waals surface area contributed by atoms with Gasteiger partial charge in [0.1, 0.15) is 22.8 Å². The first kappa shape index (κ1) is 16.3. The van der Waals surface area contributed by atoms with Crippen LogP contribution < -0.4 is 5.63 Å². The molecule has 124 valence electrons. The maximum Gasteiger partial charge on any atom is 0.348 e. The van der Waals surface area contributed by atoms with Crippen LogP contribution in [0.25, 0.3) is 11.0 Å². The number of hydrogen-bond acceptors (Lipinski definition) is 6. The fraction of sp³-hybridized carbons (Fsp3) is 0.222. The Morgan fingerprint density at radius 3 is 2.75 bits per heavy atom. The summed E-state index contributed by atoms with van der Waals surface area (Å²) in [6.07, 6.45) is 0.633. The monoisotopic (exact) mass is 344 g/mol. The molecule has 3 aromatic rings. The highest BCUT2D eigenvalue weighted by Crippen LogP contribution is 2.27. The summed E-state index contributed by atoms with van der Waals surface area (Å²) < 4.78 is 10.5. The largest absolute Gasteiger partial charge is 0.508 e. The minimum Gasteiger partial charge on any atom is -0.508 e. The van der Waals surface area contributed by atoms with E-state index in [1.165, 1.54) is 23.5 Å². The fourth-order valence-corrected chi connectivity index (χ4v) is 3.32. The number of hydrogen-bond donors (Lipinski definition) is 1. The van der Waals surface area contributed by atoms with E-state index in [4.69, 9.17) is 9.15 Å². The third-order valence-electron chi connectivity index (χ3n) is 3.82. The smallest absolute Gasteiger partial charge is 0.348 e. The van der Waals surface area contributed by atoms with Gasteiger partial charge < -0.3 is 14.3 Å². The molecule has 3 rings (SSSR count). The number of aromatic hydroxyl groups is 1. The van der Waals surface area contributed by atoms with Gasteiger partial charge in [-0.1, -0.05) is 6.92 Å². The molecule has 0 radical (unpaired) electrons. The predicted molar refractivity (Wildman–Crippen MR) is 91.7 cm³/mol. The molecular formula is C18H16O5S. The molecular weight excluding hydrogens is 328 g/mol. The van der Waals surface area contributed by atoms with Crippen LogP contribution in [0.1, 0.15) is 33.3 Å². The van der Waals surface area contributed by atoms with E-state index in [0.717, 1.165) is 11.1 Å². The van der Waals surface area contributed by atoms with Gasteiger partial charge in [-0.15, -0.1) is 11.3 Å². The number of ether oxygens (including phenoxy) is 1. The van der Waals surface area contributed by atoms with Crippen molar-refractivity contribution in [2.24, 2.45) is 0 Å². The number of carbonyl (C=O) groups is 1. The van der Waals surface area contributed by atoms with Crippen LogP contribution >= 0.6 is 11.3 Å². The highest BCUT2D eigenvalue weighted by Gasteiger charge is 2.15. The third-order valence-corrected chi connectivity index (χ3v) is 4.81. The number of fused-ring (bicyclic) bond motifs is 1. The van der Waals surface area contributed by atoms with Crippen molar-refractivity contribution in [1.82, 2.24) is 0 Å². The summed E-state index contributed by atoms with van der Waals surface area (Å²) in [4.78, 5) is 24.4. The highest BCUT2D eigenvalue weighted by molar-refractivity contribution is 7.12. The fourth-order valence-electron chi connectivity index (χ4n) is 2.50. The molecule has 1 aromatic carbocycles. The lowest BCUT2D eigenvalue weighted by molar-refractivity contribution is 0.0479. The number of esters is 1. The molecule has 0 spiro atoms. The Kier molecular flexibility index (Phi) is 4.40. The summed E-state index contributed by atoms with van der Waals surface area (Å²) in [6.45, 7) is 3.72. The number of phenolic OH excluding ortho intramolecular Hbond substituents is 1. The summed E-state index contributed by atoms with van der Waals surface area (Å²) in [6, 6.07) is 6.34. The van der Waals surface area contributed by atoms with E-state index in [9.17, 15) is 14.7 Å². The van der Waals surface area contributed by atoms with Crippen molar-refractivity contribution in [3.63, 3.8) is 0 Å². The molecule has 0 aliphatic rings. The SMILES string of the molecule is CCc1cc2c(COC(=O)c3sccc3C)cc(=O)oc2cc1O. The van der Waals surface area contributed by atoms with E-state index in [-0.39, 0.29) is 17.9 Å². The van der Waals surface area contributed by atoms with Crippen molar-refractivity contribution in [2.45, 2.75) is 26.9 Å². The van der Waals surface area contributed by atoms with Gasteiger partial charge in [-0.2, -0.15) is 0 Å². The van der Waals surface area contributed by atoms with Crippen molar-refractivity contribution in [1.29, 1.82) is 0 Å². The van der Waals surface area contributed by atoms with Crippen molar-refractivity contribution in [3.8, 4) is 5.75 Å². The zero-order chi connectivity index (χ0) is 17.3. The number of phenols is 1. The second-order valence-electron chi connectivity index (χ2n) is 5.43. The lowest BCUT2D eigenvalue weighted by Crippen LogP contribution is -2.07. The van der Waals surface area contributed by atoms with Gasteiger partial charge in [0.2, 0.25) is 0 Å². The van der Waals surface area contributed by atoms with Gasteiger partial charge in [-0.05, 0) is 42.0 Å². The van der Waals surface area contributed by atoms with Gasteiger partial charge >= 0.3 is 11.6 Å². The molecule has 0 bridgehead atoms. The predicted octanol–water partition coefficient (Wildman–Crippen LogP) is 3.79. The summed E-state index contributed by atoms with van der Waals surface area (Å²) in [5.74, 6) is -0.338. The van der Waals surface area contributed by atoms with Gasteiger partial charge in [-0.3, -0.25) is 0 Å². The number of thiophene rings is 1. The highest BCUT2D eigenvalue weighted by atomic mass is 32.1. The molecule has 1 N–H and O–H groups in total. The van der Waals surface area contributed by atoms with Gasteiger partial charge in [-0.25, -0.2) is 9.59 Å². The first-order valence-electron chi connectivity index (χ1n) is 7.49. The van der Waals surface area contributed by atoms with Gasteiger partial charge in [0.05, 0.1) is 0 Å². The van der Waals surface area contributed by atoms with Crippen LogP contribution in [0.5, 0.6) is 5.75 Å². The Morgan fingerprint density at radius 1 is 1.29 bits per heavy atom. The zero-order valence-electron chi connectivity index (χ0n) is 13.3. The minimum atomic E-state index is -0.551. The minimum absolute atomic E-state index is 0.0355. The molecule has 2 heterocycles. The second-order valence-corrected chi connectivity index (χ2v) is 6.35. The molecule has 0 amide bonds. The van der Waals surface area contributed by atoms with Crippen LogP contribution in [0.2, 0.25) is 0 Å². The van der Waals surface area contributed by atoms with E-state index in [1.54, 1.807) is 6.07 Å². The molecule has 0 fully saturated rings. The standard InChI is InChI=1S/C18H16O5S/c1-3-11-6-13-12(7-16(20)23-15(13)8-14(11)19)9-22-18(21)17-10(2)4-5-24-17/h4-8,19H,3,9H2,1-2H3. The molecule has 5 nitrogen and oxygen atoms in total. The average Bonchev–Trinajstić information content (AvgIpc) is 2.97. The number of carbonyl (C=O) groups excluding carboxylic acids is 1. The maximum absolute atomic E-state index is 12.1. The molecule has 6 heteroatoms. The number of benzene rings is 1. The molecule has 0 aliphatic carbocycles. The van der Waals surface area contributed by atoms with Crippen LogP contribution in [-0.2, 0) is 17.8 Å². The van der Waals surface area contributed by atoms with Crippen molar-refractivity contribution in [2.75, 3.05) is 0 Å². The van der Waals surface area contributed by atoms with Crippen molar-refractivity contribution in [3.05, 3.63) is 61.6 Å². The lowest BCUT2D eigenvalue weighted by Gasteiger charge is -2.09. The topological polar surface area (TPSA) is 76.7 Å². The first-order chi connectivity index (χ1) is 11.5. The first-order valence-corrected chi connectivity index (χ1v) is 8.37. The second kappa shape index (κ2) is 6.49. The summed E-state index contributed by atoms with van der Waals surface area (Å²) in [7, 11) is 0. The average molecular weight is 344 g/mol. The van der Waals surface area contributed by atoms with Crippen LogP contribution in [0.3, 0.4) is 0 Å². The van der Waals surface area contributed by atoms with E-state index in [2.05, 4.69) is 0 Å². The number of rotatable bonds is 4. The van der Waals surface area contributed by atoms with Crippen molar-refractivity contribution >= 4 is 28.3 Å². The molecule has 0 saturated heterocycles. The van der Waals surface area contributed by atoms with Crippen LogP contribution in [-0.4, -0.2) is 11.1 Å². The zero-order valence-corrected chi connectivity index (χ0v) is 14.1. The van der Waals surface area contributed by atoms with E-state index >= 15 is 0 Å². The van der Waals surface area contributed by atoms with Gasteiger partial charge in [0.15, 0.2) is 0 Å². The summed E-state index contributed by atoms with van der Waals surface area (Å²) in [5.41, 5.74) is 1.87. The van der Waals surface area contributed by atoms with Gasteiger partial charge in [0, 0.05) is 23.1 Å². The Balaban J connectivity index is 1.95. The Labute approximate surface area is 142 Å². The molecule has 0 unspecified atom stereocenters. The van der Waals surface area contributed by atoms with Crippen LogP contribution in [0.4, 0.5) is 0 Å². The molecule has 2 aromatic heterocycles.